The molecule has 1 aliphatic rings. The number of unbranched alkanes of at least 4 members (excludes halogenated alkanes) is 3. The SMILES string of the molecule is CCCCc1ccc(C(=O)OCC2CO2)c(CCCC)c1CCCC. The lowest BCUT2D eigenvalue weighted by molar-refractivity contribution is 0.0475. The Kier molecular flexibility index (Phi) is 8.47. The third-order valence-corrected chi connectivity index (χ3v) is 4.91. The van der Waals surface area contributed by atoms with Crippen LogP contribution in [-0.4, -0.2) is 25.3 Å². The summed E-state index contributed by atoms with van der Waals surface area (Å²) in [5.74, 6) is -0.179. The third-order valence-electron chi connectivity index (χ3n) is 4.91. The highest BCUT2D eigenvalue weighted by Crippen LogP contribution is 2.26. The Morgan fingerprint density at radius 2 is 1.60 bits per heavy atom. The molecule has 1 aliphatic heterocycles. The van der Waals surface area contributed by atoms with Crippen LogP contribution in [0.5, 0.6) is 0 Å². The molecule has 3 nitrogen and oxygen atoms in total. The zero-order valence-corrected chi connectivity index (χ0v) is 16.2. The van der Waals surface area contributed by atoms with Gasteiger partial charge in [-0.1, -0.05) is 46.1 Å². The van der Waals surface area contributed by atoms with E-state index in [2.05, 4.69) is 26.8 Å². The second-order valence-electron chi connectivity index (χ2n) is 7.09. The molecule has 0 saturated carbocycles. The predicted octanol–water partition coefficient (Wildman–Crippen LogP) is 5.27. The van der Waals surface area contributed by atoms with Crippen molar-refractivity contribution in [2.45, 2.75) is 84.7 Å². The van der Waals surface area contributed by atoms with E-state index in [0.717, 1.165) is 37.7 Å². The van der Waals surface area contributed by atoms with Crippen molar-refractivity contribution in [2.24, 2.45) is 0 Å². The largest absolute Gasteiger partial charge is 0.459 e. The fourth-order valence-corrected chi connectivity index (χ4v) is 3.25. The molecule has 0 spiro atoms. The number of aryl methyl sites for hydroxylation is 1. The number of epoxide rings is 1. The first kappa shape index (κ1) is 20.0. The van der Waals surface area contributed by atoms with Gasteiger partial charge in [0.2, 0.25) is 0 Å². The predicted molar refractivity (Wildman–Crippen MR) is 102 cm³/mol. The molecule has 1 aromatic carbocycles. The summed E-state index contributed by atoms with van der Waals surface area (Å²) in [4.78, 5) is 12.6. The maximum absolute atomic E-state index is 12.6. The van der Waals surface area contributed by atoms with Gasteiger partial charge in [0.25, 0.3) is 0 Å². The summed E-state index contributed by atoms with van der Waals surface area (Å²) >= 11 is 0. The van der Waals surface area contributed by atoms with Gasteiger partial charge in [-0.2, -0.15) is 0 Å². The number of ether oxygens (including phenoxy) is 2. The zero-order valence-electron chi connectivity index (χ0n) is 16.2. The number of benzene rings is 1. The van der Waals surface area contributed by atoms with Gasteiger partial charge in [0.1, 0.15) is 12.7 Å². The van der Waals surface area contributed by atoms with Crippen molar-refractivity contribution >= 4 is 5.97 Å². The monoisotopic (exact) mass is 346 g/mol. The second kappa shape index (κ2) is 10.6. The van der Waals surface area contributed by atoms with E-state index in [1.54, 1.807) is 0 Å². The van der Waals surface area contributed by atoms with Crippen LogP contribution in [0, 0.1) is 0 Å². The standard InChI is InChI=1S/C22H34O3/c1-4-7-10-17-13-14-21(22(23)25-16-18-15-24-18)20(12-9-6-3)19(17)11-8-5-2/h13-14,18H,4-12,15-16H2,1-3H3. The van der Waals surface area contributed by atoms with Gasteiger partial charge in [-0.15, -0.1) is 0 Å². The molecule has 1 heterocycles. The van der Waals surface area contributed by atoms with Crippen LogP contribution in [0.4, 0.5) is 0 Å². The fourth-order valence-electron chi connectivity index (χ4n) is 3.25. The van der Waals surface area contributed by atoms with E-state index in [1.165, 1.54) is 42.4 Å². The number of hydrogen-bond acceptors (Lipinski definition) is 3. The Hall–Kier alpha value is -1.35. The first-order chi connectivity index (χ1) is 12.2. The second-order valence-corrected chi connectivity index (χ2v) is 7.09. The van der Waals surface area contributed by atoms with Gasteiger partial charge in [-0.3, -0.25) is 0 Å². The summed E-state index contributed by atoms with van der Waals surface area (Å²) in [7, 11) is 0. The van der Waals surface area contributed by atoms with Crippen molar-refractivity contribution in [1.29, 1.82) is 0 Å². The highest BCUT2D eigenvalue weighted by molar-refractivity contribution is 5.91. The van der Waals surface area contributed by atoms with Crippen molar-refractivity contribution in [3.63, 3.8) is 0 Å². The Balaban J connectivity index is 2.28. The highest BCUT2D eigenvalue weighted by atomic mass is 16.6. The summed E-state index contributed by atoms with van der Waals surface area (Å²) < 4.78 is 10.6. The first-order valence-electron chi connectivity index (χ1n) is 10.1. The molecule has 0 amide bonds. The zero-order chi connectivity index (χ0) is 18.1. The van der Waals surface area contributed by atoms with Crippen LogP contribution in [-0.2, 0) is 28.7 Å². The van der Waals surface area contributed by atoms with E-state index in [4.69, 9.17) is 9.47 Å². The van der Waals surface area contributed by atoms with Crippen molar-refractivity contribution in [3.8, 4) is 0 Å². The average Bonchev–Trinajstić information content (AvgIpc) is 3.45. The lowest BCUT2D eigenvalue weighted by Crippen LogP contribution is -2.15. The van der Waals surface area contributed by atoms with Crippen LogP contribution in [0.3, 0.4) is 0 Å². The maximum Gasteiger partial charge on any atom is 0.338 e. The Morgan fingerprint density at radius 3 is 2.20 bits per heavy atom. The third kappa shape index (κ3) is 6.14. The average molecular weight is 347 g/mol. The van der Waals surface area contributed by atoms with Crippen LogP contribution in [0.25, 0.3) is 0 Å². The quantitative estimate of drug-likeness (QED) is 0.382. The van der Waals surface area contributed by atoms with Crippen molar-refractivity contribution in [1.82, 2.24) is 0 Å². The first-order valence-corrected chi connectivity index (χ1v) is 10.1. The molecule has 140 valence electrons. The fraction of sp³-hybridized carbons (Fsp3) is 0.682. The summed E-state index contributed by atoms with van der Waals surface area (Å²) in [6.45, 7) is 7.76. The van der Waals surface area contributed by atoms with Crippen LogP contribution in [0.2, 0.25) is 0 Å². The summed E-state index contributed by atoms with van der Waals surface area (Å²) in [5, 5.41) is 0. The van der Waals surface area contributed by atoms with Crippen LogP contribution >= 0.6 is 0 Å². The van der Waals surface area contributed by atoms with Gasteiger partial charge < -0.3 is 9.47 Å². The molecule has 1 fully saturated rings. The number of hydrogen-bond donors (Lipinski definition) is 0. The van der Waals surface area contributed by atoms with Gasteiger partial charge in [0.15, 0.2) is 0 Å². The number of carbonyl (C=O) groups is 1. The summed E-state index contributed by atoms with van der Waals surface area (Å²) in [6, 6.07) is 4.17. The van der Waals surface area contributed by atoms with Gasteiger partial charge in [-0.25, -0.2) is 4.79 Å². The molecule has 1 atom stereocenters. The normalized spacial score (nSPS) is 16.0. The molecule has 0 aliphatic carbocycles. The molecular weight excluding hydrogens is 312 g/mol. The number of esters is 1. The lowest BCUT2D eigenvalue weighted by Gasteiger charge is -2.18. The Bertz CT molecular complexity index is 546. The smallest absolute Gasteiger partial charge is 0.338 e. The Morgan fingerprint density at radius 1 is 1.00 bits per heavy atom. The van der Waals surface area contributed by atoms with Crippen molar-refractivity contribution in [2.75, 3.05) is 13.2 Å². The summed E-state index contributed by atoms with van der Waals surface area (Å²) in [6.07, 6.45) is 10.3. The van der Waals surface area contributed by atoms with E-state index in [1.807, 2.05) is 6.07 Å². The lowest BCUT2D eigenvalue weighted by atomic mass is 9.87. The van der Waals surface area contributed by atoms with E-state index in [0.29, 0.717) is 13.2 Å². The van der Waals surface area contributed by atoms with Crippen LogP contribution in [0.1, 0.15) is 86.3 Å². The molecular formula is C22H34O3. The maximum atomic E-state index is 12.6. The minimum Gasteiger partial charge on any atom is -0.459 e. The van der Waals surface area contributed by atoms with E-state index >= 15 is 0 Å². The van der Waals surface area contributed by atoms with Gasteiger partial charge >= 0.3 is 5.97 Å². The van der Waals surface area contributed by atoms with Crippen LogP contribution in [0.15, 0.2) is 12.1 Å². The van der Waals surface area contributed by atoms with Crippen molar-refractivity contribution < 1.29 is 14.3 Å². The minimum absolute atomic E-state index is 0.117. The van der Waals surface area contributed by atoms with Gasteiger partial charge in [0.05, 0.1) is 12.2 Å². The van der Waals surface area contributed by atoms with E-state index in [9.17, 15) is 4.79 Å². The van der Waals surface area contributed by atoms with Gasteiger partial charge in [-0.05, 0) is 61.3 Å². The van der Waals surface area contributed by atoms with Crippen LogP contribution < -0.4 is 0 Å². The molecule has 0 aromatic heterocycles. The molecule has 0 N–H and O–H groups in total. The van der Waals surface area contributed by atoms with E-state index in [-0.39, 0.29) is 12.1 Å². The minimum atomic E-state index is -0.179. The van der Waals surface area contributed by atoms with Crippen molar-refractivity contribution in [3.05, 3.63) is 34.4 Å². The Labute approximate surface area is 153 Å². The molecule has 3 heteroatoms. The molecule has 1 aromatic rings. The van der Waals surface area contributed by atoms with E-state index < -0.39 is 0 Å². The van der Waals surface area contributed by atoms with Gasteiger partial charge in [0, 0.05) is 0 Å². The topological polar surface area (TPSA) is 38.8 Å². The molecule has 0 radical (unpaired) electrons. The molecule has 2 rings (SSSR count). The molecule has 0 bridgehead atoms. The number of rotatable bonds is 12. The molecule has 25 heavy (non-hydrogen) atoms. The number of carbonyl (C=O) groups excluding carboxylic acids is 1. The highest BCUT2D eigenvalue weighted by Gasteiger charge is 2.26. The molecule has 1 unspecified atom stereocenters. The summed E-state index contributed by atoms with van der Waals surface area (Å²) in [5.41, 5.74) is 4.87. The molecule has 1 saturated heterocycles.